The number of carbonyl (C=O) groups excluding carboxylic acids is 2. The number of pyridine rings is 1. The molecule has 2 N–H and O–H groups in total. The van der Waals surface area contributed by atoms with Crippen molar-refractivity contribution in [2.75, 3.05) is 5.32 Å². The summed E-state index contributed by atoms with van der Waals surface area (Å²) in [6, 6.07) is 12.7. The van der Waals surface area contributed by atoms with E-state index < -0.39 is 5.41 Å². The maximum atomic E-state index is 13.1. The van der Waals surface area contributed by atoms with Crippen molar-refractivity contribution in [3.8, 4) is 5.75 Å². The fourth-order valence-corrected chi connectivity index (χ4v) is 4.03. The van der Waals surface area contributed by atoms with E-state index in [0.29, 0.717) is 42.1 Å². The Morgan fingerprint density at radius 3 is 2.44 bits per heavy atom. The van der Waals surface area contributed by atoms with Crippen molar-refractivity contribution in [1.29, 1.82) is 0 Å². The van der Waals surface area contributed by atoms with Crippen LogP contribution in [-0.2, 0) is 9.59 Å². The van der Waals surface area contributed by atoms with Crippen LogP contribution in [0.2, 0.25) is 5.02 Å². The summed E-state index contributed by atoms with van der Waals surface area (Å²) in [5, 5.41) is 7.07. The first kappa shape index (κ1) is 22.1. The number of hydrogen-bond donors (Lipinski definition) is 2. The first-order valence-electron chi connectivity index (χ1n) is 10.9. The second kappa shape index (κ2) is 8.91. The molecular formula is C26H21ClFN3O3. The average Bonchev–Trinajstić information content (AvgIpc) is 3.64. The molecule has 6 nitrogen and oxygen atoms in total. The lowest BCUT2D eigenvalue weighted by Gasteiger charge is -2.20. The molecule has 0 unspecified atom stereocenters. The second-order valence-electron chi connectivity index (χ2n) is 8.39. The molecule has 1 saturated carbocycles. The standard InChI is InChI=1S/C26H21ClFN3O3/c27-16-1-10-21-22(15-16)29-14-11-23(21)34-20-8-6-19(7-9-20)31-25(33)26(12-13-26)24(32)30-18-4-2-17(28)3-5-18/h1-6,8,10-11,14-15H,7,9,12-13H2,(H,30,32)(H,31,33). The Balaban J connectivity index is 1.23. The quantitative estimate of drug-likeness (QED) is 0.459. The highest BCUT2D eigenvalue weighted by Gasteiger charge is 2.56. The van der Waals surface area contributed by atoms with E-state index in [1.165, 1.54) is 24.3 Å². The summed E-state index contributed by atoms with van der Waals surface area (Å²) in [4.78, 5) is 29.9. The third kappa shape index (κ3) is 4.52. The number of nitrogens with zero attached hydrogens (tertiary/aromatic N) is 1. The van der Waals surface area contributed by atoms with Crippen LogP contribution in [-0.4, -0.2) is 16.8 Å². The van der Waals surface area contributed by atoms with Crippen LogP contribution in [0.1, 0.15) is 25.7 Å². The minimum atomic E-state index is -1.09. The SMILES string of the molecule is O=C(NC1=CC=C(Oc2ccnc3cc(Cl)ccc23)CC1)C1(C(=O)Nc2ccc(F)cc2)CC1. The summed E-state index contributed by atoms with van der Waals surface area (Å²) in [6.07, 6.45) is 7.40. The number of rotatable bonds is 6. The highest BCUT2D eigenvalue weighted by atomic mass is 35.5. The number of ether oxygens (including phenoxy) is 1. The van der Waals surface area contributed by atoms with Crippen LogP contribution in [0.3, 0.4) is 0 Å². The predicted octanol–water partition coefficient (Wildman–Crippen LogP) is 5.50. The van der Waals surface area contributed by atoms with Gasteiger partial charge in [0.05, 0.1) is 5.52 Å². The van der Waals surface area contributed by atoms with Crippen LogP contribution in [0.25, 0.3) is 10.9 Å². The normalized spacial score (nSPS) is 16.3. The third-order valence-corrected chi connectivity index (χ3v) is 6.25. The van der Waals surface area contributed by atoms with Crippen LogP contribution in [0.15, 0.2) is 78.3 Å². The van der Waals surface area contributed by atoms with Crippen molar-refractivity contribution >= 4 is 40.0 Å². The van der Waals surface area contributed by atoms with Crippen molar-refractivity contribution < 1.29 is 18.7 Å². The molecule has 2 aliphatic carbocycles. The maximum Gasteiger partial charge on any atom is 0.240 e. The molecule has 1 aromatic heterocycles. The number of halogens is 2. The van der Waals surface area contributed by atoms with E-state index in [-0.39, 0.29) is 17.6 Å². The summed E-state index contributed by atoms with van der Waals surface area (Å²) in [5.74, 6) is 0.350. The van der Waals surface area contributed by atoms with E-state index in [9.17, 15) is 14.0 Å². The Labute approximate surface area is 200 Å². The van der Waals surface area contributed by atoms with Crippen molar-refractivity contribution in [2.45, 2.75) is 25.7 Å². The molecule has 0 atom stereocenters. The zero-order valence-corrected chi connectivity index (χ0v) is 18.9. The predicted molar refractivity (Wildman–Crippen MR) is 128 cm³/mol. The van der Waals surface area contributed by atoms with Crippen LogP contribution in [0.5, 0.6) is 5.75 Å². The topological polar surface area (TPSA) is 80.3 Å². The van der Waals surface area contributed by atoms with E-state index >= 15 is 0 Å². The van der Waals surface area contributed by atoms with E-state index in [4.69, 9.17) is 16.3 Å². The van der Waals surface area contributed by atoms with Crippen LogP contribution in [0, 0.1) is 11.2 Å². The van der Waals surface area contributed by atoms with Gasteiger partial charge in [-0.1, -0.05) is 11.6 Å². The molecule has 8 heteroatoms. The molecule has 0 spiro atoms. The molecule has 172 valence electrons. The van der Waals surface area contributed by atoms with Crippen molar-refractivity contribution in [3.05, 3.63) is 89.2 Å². The Bertz CT molecular complexity index is 1350. The lowest BCUT2D eigenvalue weighted by Crippen LogP contribution is -2.39. The van der Waals surface area contributed by atoms with Gasteiger partial charge in [0.15, 0.2) is 0 Å². The van der Waals surface area contributed by atoms with Gasteiger partial charge in [-0.05, 0) is 79.9 Å². The van der Waals surface area contributed by atoms with Gasteiger partial charge in [-0.15, -0.1) is 0 Å². The molecule has 1 fully saturated rings. The molecule has 2 aromatic carbocycles. The minimum Gasteiger partial charge on any atom is -0.461 e. The number of nitrogens with one attached hydrogen (secondary N) is 2. The van der Waals surface area contributed by atoms with Gasteiger partial charge >= 0.3 is 0 Å². The largest absolute Gasteiger partial charge is 0.461 e. The van der Waals surface area contributed by atoms with Crippen LogP contribution in [0.4, 0.5) is 10.1 Å². The molecule has 3 aromatic rings. The smallest absolute Gasteiger partial charge is 0.240 e. The fraction of sp³-hybridized carbons (Fsp3) is 0.192. The number of amides is 2. The van der Waals surface area contributed by atoms with Gasteiger partial charge in [0.25, 0.3) is 0 Å². The lowest BCUT2D eigenvalue weighted by atomic mass is 10.0. The Morgan fingerprint density at radius 2 is 1.74 bits per heavy atom. The summed E-state index contributed by atoms with van der Waals surface area (Å²) in [6.45, 7) is 0. The maximum absolute atomic E-state index is 13.1. The minimum absolute atomic E-state index is 0.326. The second-order valence-corrected chi connectivity index (χ2v) is 8.83. The molecule has 0 saturated heterocycles. The van der Waals surface area contributed by atoms with Gasteiger partial charge in [0.2, 0.25) is 11.8 Å². The molecule has 2 aliphatic rings. The Hall–Kier alpha value is -3.71. The summed E-state index contributed by atoms with van der Waals surface area (Å²) in [7, 11) is 0. The summed E-state index contributed by atoms with van der Waals surface area (Å²) >= 11 is 6.05. The fourth-order valence-electron chi connectivity index (χ4n) is 3.86. The number of fused-ring (bicyclic) bond motifs is 1. The number of hydrogen-bond acceptors (Lipinski definition) is 4. The molecular weight excluding hydrogens is 457 g/mol. The average molecular weight is 478 g/mol. The number of anilines is 1. The third-order valence-electron chi connectivity index (χ3n) is 6.01. The van der Waals surface area contributed by atoms with Gasteiger partial charge in [-0.3, -0.25) is 14.6 Å². The van der Waals surface area contributed by atoms with Gasteiger partial charge in [0.1, 0.15) is 22.7 Å². The van der Waals surface area contributed by atoms with Gasteiger partial charge in [-0.2, -0.15) is 0 Å². The van der Waals surface area contributed by atoms with E-state index in [2.05, 4.69) is 15.6 Å². The van der Waals surface area contributed by atoms with Gasteiger partial charge in [-0.25, -0.2) is 4.39 Å². The van der Waals surface area contributed by atoms with Crippen molar-refractivity contribution in [3.63, 3.8) is 0 Å². The first-order valence-corrected chi connectivity index (χ1v) is 11.3. The highest BCUT2D eigenvalue weighted by Crippen LogP contribution is 2.47. The zero-order valence-electron chi connectivity index (χ0n) is 18.1. The molecule has 1 heterocycles. The first-order chi connectivity index (χ1) is 16.4. The van der Waals surface area contributed by atoms with Crippen molar-refractivity contribution in [2.24, 2.45) is 5.41 Å². The number of benzene rings is 2. The number of carbonyl (C=O) groups is 2. The zero-order chi connectivity index (χ0) is 23.7. The molecule has 0 aliphatic heterocycles. The number of aromatic nitrogens is 1. The van der Waals surface area contributed by atoms with Crippen LogP contribution < -0.4 is 15.4 Å². The molecule has 5 rings (SSSR count). The van der Waals surface area contributed by atoms with Crippen molar-refractivity contribution in [1.82, 2.24) is 10.3 Å². The van der Waals surface area contributed by atoms with Crippen LogP contribution >= 0.6 is 11.6 Å². The van der Waals surface area contributed by atoms with Gasteiger partial charge < -0.3 is 15.4 Å². The monoisotopic (exact) mass is 477 g/mol. The molecule has 34 heavy (non-hydrogen) atoms. The summed E-state index contributed by atoms with van der Waals surface area (Å²) < 4.78 is 19.2. The Kier molecular flexibility index (Phi) is 5.79. The Morgan fingerprint density at radius 1 is 0.971 bits per heavy atom. The molecule has 0 radical (unpaired) electrons. The number of allylic oxidation sites excluding steroid dienone is 4. The van der Waals surface area contributed by atoms with E-state index in [1.807, 2.05) is 12.1 Å². The van der Waals surface area contributed by atoms with E-state index in [0.717, 1.165) is 22.4 Å². The van der Waals surface area contributed by atoms with Gasteiger partial charge in [0, 0.05) is 34.4 Å². The molecule has 0 bridgehead atoms. The summed E-state index contributed by atoms with van der Waals surface area (Å²) in [5.41, 5.74) is 0.841. The highest BCUT2D eigenvalue weighted by molar-refractivity contribution is 6.31. The lowest BCUT2D eigenvalue weighted by molar-refractivity contribution is -0.133. The van der Waals surface area contributed by atoms with E-state index in [1.54, 1.807) is 30.5 Å². The molecule has 2 amide bonds.